The molecule has 7 heteroatoms. The standard InChI is InChI=1S/C21H23ClN2O4/c1-15(25)23-9-11-24(12-10-23)21(26)17-5-8-19(20(13-17)27-2)28-14-16-3-6-18(22)7-4-16/h3-8,13H,9-12,14H2,1-2H3. The Balaban J connectivity index is 1.66. The molecule has 2 aromatic rings. The summed E-state index contributed by atoms with van der Waals surface area (Å²) in [6.45, 7) is 4.07. The zero-order valence-corrected chi connectivity index (χ0v) is 16.7. The van der Waals surface area contributed by atoms with Gasteiger partial charge in [0.15, 0.2) is 11.5 Å². The molecule has 0 aromatic heterocycles. The van der Waals surface area contributed by atoms with E-state index in [1.54, 1.807) is 42.0 Å². The summed E-state index contributed by atoms with van der Waals surface area (Å²) in [5.41, 5.74) is 1.52. The summed E-state index contributed by atoms with van der Waals surface area (Å²) in [6, 6.07) is 12.6. The van der Waals surface area contributed by atoms with E-state index < -0.39 is 0 Å². The summed E-state index contributed by atoms with van der Waals surface area (Å²) in [5, 5.41) is 0.674. The average molecular weight is 403 g/mol. The second kappa shape index (κ2) is 8.97. The van der Waals surface area contributed by atoms with Crippen molar-refractivity contribution >= 4 is 23.4 Å². The quantitative estimate of drug-likeness (QED) is 0.770. The van der Waals surface area contributed by atoms with E-state index in [1.807, 2.05) is 24.3 Å². The molecule has 0 radical (unpaired) electrons. The lowest BCUT2D eigenvalue weighted by Gasteiger charge is -2.34. The molecule has 0 atom stereocenters. The van der Waals surface area contributed by atoms with Crippen LogP contribution in [0.5, 0.6) is 11.5 Å². The SMILES string of the molecule is COc1cc(C(=O)N2CCN(C(C)=O)CC2)ccc1OCc1ccc(Cl)cc1. The van der Waals surface area contributed by atoms with Gasteiger partial charge in [-0.3, -0.25) is 9.59 Å². The van der Waals surface area contributed by atoms with Gasteiger partial charge in [0.1, 0.15) is 6.61 Å². The number of nitrogens with zero attached hydrogens (tertiary/aromatic N) is 2. The Morgan fingerprint density at radius 3 is 2.21 bits per heavy atom. The number of amides is 2. The summed E-state index contributed by atoms with van der Waals surface area (Å²) >= 11 is 5.89. The van der Waals surface area contributed by atoms with Crippen LogP contribution in [-0.2, 0) is 11.4 Å². The number of methoxy groups -OCH3 is 1. The molecule has 0 saturated carbocycles. The van der Waals surface area contributed by atoms with Crippen molar-refractivity contribution in [3.63, 3.8) is 0 Å². The first-order valence-electron chi connectivity index (χ1n) is 9.08. The number of carbonyl (C=O) groups is 2. The number of hydrogen-bond donors (Lipinski definition) is 0. The minimum Gasteiger partial charge on any atom is -0.493 e. The van der Waals surface area contributed by atoms with E-state index in [9.17, 15) is 9.59 Å². The highest BCUT2D eigenvalue weighted by molar-refractivity contribution is 6.30. The monoisotopic (exact) mass is 402 g/mol. The molecular weight excluding hydrogens is 380 g/mol. The molecule has 3 rings (SSSR count). The summed E-state index contributed by atoms with van der Waals surface area (Å²) in [5.74, 6) is 1.03. The first kappa shape index (κ1) is 20.0. The van der Waals surface area contributed by atoms with Crippen molar-refractivity contribution in [3.8, 4) is 11.5 Å². The van der Waals surface area contributed by atoms with Crippen molar-refractivity contribution in [3.05, 3.63) is 58.6 Å². The molecule has 1 saturated heterocycles. The number of benzene rings is 2. The first-order chi connectivity index (χ1) is 13.5. The number of ether oxygens (including phenoxy) is 2. The number of hydrogen-bond acceptors (Lipinski definition) is 4. The minimum absolute atomic E-state index is 0.0379. The Kier molecular flexibility index (Phi) is 6.41. The number of carbonyl (C=O) groups excluding carboxylic acids is 2. The molecule has 1 aliphatic rings. The van der Waals surface area contributed by atoms with Crippen LogP contribution in [0, 0.1) is 0 Å². The Morgan fingerprint density at radius 1 is 0.964 bits per heavy atom. The van der Waals surface area contributed by atoms with Gasteiger partial charge in [-0.2, -0.15) is 0 Å². The topological polar surface area (TPSA) is 59.1 Å². The zero-order valence-electron chi connectivity index (χ0n) is 16.0. The molecule has 0 spiro atoms. The molecule has 2 aromatic carbocycles. The van der Waals surface area contributed by atoms with E-state index in [2.05, 4.69) is 0 Å². The number of rotatable bonds is 5. The van der Waals surface area contributed by atoms with Crippen LogP contribution in [0.2, 0.25) is 5.02 Å². The second-order valence-electron chi connectivity index (χ2n) is 6.58. The Morgan fingerprint density at radius 2 is 1.61 bits per heavy atom. The molecule has 0 unspecified atom stereocenters. The Labute approximate surface area is 169 Å². The van der Waals surface area contributed by atoms with Gasteiger partial charge >= 0.3 is 0 Å². The van der Waals surface area contributed by atoms with Crippen LogP contribution in [0.25, 0.3) is 0 Å². The van der Waals surface area contributed by atoms with Gasteiger partial charge < -0.3 is 19.3 Å². The van der Waals surface area contributed by atoms with Crippen molar-refractivity contribution in [2.75, 3.05) is 33.3 Å². The molecule has 28 heavy (non-hydrogen) atoms. The number of piperazine rings is 1. The lowest BCUT2D eigenvalue weighted by molar-refractivity contribution is -0.130. The van der Waals surface area contributed by atoms with Crippen LogP contribution in [0.15, 0.2) is 42.5 Å². The normalized spacial score (nSPS) is 14.0. The van der Waals surface area contributed by atoms with Gasteiger partial charge in [0.2, 0.25) is 5.91 Å². The van der Waals surface area contributed by atoms with Gasteiger partial charge in [-0.15, -0.1) is 0 Å². The molecule has 1 fully saturated rings. The third-order valence-corrected chi connectivity index (χ3v) is 4.98. The van der Waals surface area contributed by atoms with Gasteiger partial charge in [0.25, 0.3) is 5.91 Å². The molecule has 0 bridgehead atoms. The second-order valence-corrected chi connectivity index (χ2v) is 7.02. The third-order valence-electron chi connectivity index (χ3n) is 4.73. The van der Waals surface area contributed by atoms with Gasteiger partial charge in [-0.05, 0) is 35.9 Å². The van der Waals surface area contributed by atoms with Gasteiger partial charge in [-0.25, -0.2) is 0 Å². The molecule has 148 valence electrons. The lowest BCUT2D eigenvalue weighted by Crippen LogP contribution is -2.50. The largest absolute Gasteiger partial charge is 0.493 e. The highest BCUT2D eigenvalue weighted by Gasteiger charge is 2.24. The molecule has 1 heterocycles. The van der Waals surface area contributed by atoms with Crippen LogP contribution >= 0.6 is 11.6 Å². The lowest BCUT2D eigenvalue weighted by atomic mass is 10.1. The molecule has 1 aliphatic heterocycles. The van der Waals surface area contributed by atoms with Crippen LogP contribution < -0.4 is 9.47 Å². The van der Waals surface area contributed by atoms with E-state index in [4.69, 9.17) is 21.1 Å². The zero-order chi connectivity index (χ0) is 20.1. The predicted octanol–water partition coefficient (Wildman–Crippen LogP) is 3.23. The van der Waals surface area contributed by atoms with Crippen LogP contribution in [-0.4, -0.2) is 54.9 Å². The fourth-order valence-corrected chi connectivity index (χ4v) is 3.19. The molecule has 0 N–H and O–H groups in total. The van der Waals surface area contributed by atoms with E-state index in [-0.39, 0.29) is 11.8 Å². The van der Waals surface area contributed by atoms with E-state index in [0.29, 0.717) is 54.9 Å². The maximum atomic E-state index is 12.8. The smallest absolute Gasteiger partial charge is 0.254 e. The molecule has 6 nitrogen and oxygen atoms in total. The molecular formula is C21H23ClN2O4. The number of halogens is 1. The summed E-state index contributed by atoms with van der Waals surface area (Å²) in [4.78, 5) is 27.7. The predicted molar refractivity (Wildman–Crippen MR) is 107 cm³/mol. The van der Waals surface area contributed by atoms with Crippen molar-refractivity contribution < 1.29 is 19.1 Å². The van der Waals surface area contributed by atoms with E-state index in [0.717, 1.165) is 5.56 Å². The van der Waals surface area contributed by atoms with E-state index in [1.165, 1.54) is 0 Å². The minimum atomic E-state index is -0.0780. The average Bonchev–Trinajstić information content (AvgIpc) is 2.72. The van der Waals surface area contributed by atoms with E-state index >= 15 is 0 Å². The summed E-state index contributed by atoms with van der Waals surface area (Å²) < 4.78 is 11.2. The van der Waals surface area contributed by atoms with Crippen LogP contribution in [0.3, 0.4) is 0 Å². The Hall–Kier alpha value is -2.73. The summed E-state index contributed by atoms with van der Waals surface area (Å²) in [7, 11) is 1.55. The van der Waals surface area contributed by atoms with Gasteiger partial charge in [-0.1, -0.05) is 23.7 Å². The fraction of sp³-hybridized carbons (Fsp3) is 0.333. The van der Waals surface area contributed by atoms with Crippen molar-refractivity contribution in [2.24, 2.45) is 0 Å². The van der Waals surface area contributed by atoms with Gasteiger partial charge in [0, 0.05) is 43.7 Å². The van der Waals surface area contributed by atoms with Gasteiger partial charge in [0.05, 0.1) is 7.11 Å². The van der Waals surface area contributed by atoms with Crippen molar-refractivity contribution in [1.82, 2.24) is 9.80 Å². The highest BCUT2D eigenvalue weighted by atomic mass is 35.5. The fourth-order valence-electron chi connectivity index (χ4n) is 3.07. The molecule has 0 aliphatic carbocycles. The maximum Gasteiger partial charge on any atom is 0.254 e. The Bertz CT molecular complexity index is 846. The molecule has 2 amide bonds. The summed E-state index contributed by atoms with van der Waals surface area (Å²) in [6.07, 6.45) is 0. The van der Waals surface area contributed by atoms with Crippen LogP contribution in [0.1, 0.15) is 22.8 Å². The van der Waals surface area contributed by atoms with Crippen molar-refractivity contribution in [2.45, 2.75) is 13.5 Å². The maximum absolute atomic E-state index is 12.8. The third kappa shape index (κ3) is 4.75. The first-order valence-corrected chi connectivity index (χ1v) is 9.46. The van der Waals surface area contributed by atoms with Crippen molar-refractivity contribution in [1.29, 1.82) is 0 Å². The van der Waals surface area contributed by atoms with Crippen LogP contribution in [0.4, 0.5) is 0 Å². The highest BCUT2D eigenvalue weighted by Crippen LogP contribution is 2.29.